The molecule has 2 rings (SSSR count). The van der Waals surface area contributed by atoms with Gasteiger partial charge in [0.1, 0.15) is 5.75 Å². The molecule has 1 fully saturated rings. The summed E-state index contributed by atoms with van der Waals surface area (Å²) in [7, 11) is 1.57. The van der Waals surface area contributed by atoms with E-state index in [0.29, 0.717) is 31.1 Å². The van der Waals surface area contributed by atoms with Gasteiger partial charge in [-0.05, 0) is 19.1 Å². The molecule has 0 aliphatic carbocycles. The highest BCUT2D eigenvalue weighted by molar-refractivity contribution is 5.95. The van der Waals surface area contributed by atoms with Crippen LogP contribution >= 0.6 is 0 Å². The molecule has 0 radical (unpaired) electrons. The Morgan fingerprint density at radius 1 is 1.43 bits per heavy atom. The lowest BCUT2D eigenvalue weighted by molar-refractivity contribution is -0.139. The van der Waals surface area contributed by atoms with Crippen LogP contribution in [0.15, 0.2) is 24.3 Å². The molecule has 1 aromatic rings. The van der Waals surface area contributed by atoms with Crippen molar-refractivity contribution in [2.75, 3.05) is 38.6 Å². The van der Waals surface area contributed by atoms with Crippen molar-refractivity contribution in [1.82, 2.24) is 10.2 Å². The van der Waals surface area contributed by atoms with Crippen molar-refractivity contribution in [1.29, 1.82) is 0 Å². The molecule has 0 spiro atoms. The molecule has 0 aromatic heterocycles. The van der Waals surface area contributed by atoms with Crippen LogP contribution in [-0.2, 0) is 9.59 Å². The van der Waals surface area contributed by atoms with Gasteiger partial charge < -0.3 is 20.3 Å². The van der Waals surface area contributed by atoms with Crippen LogP contribution in [0, 0.1) is 5.92 Å². The summed E-state index contributed by atoms with van der Waals surface area (Å²) in [5, 5.41) is 5.85. The van der Waals surface area contributed by atoms with Crippen LogP contribution in [0.2, 0.25) is 0 Å². The fourth-order valence-corrected chi connectivity index (χ4v) is 2.14. The molecule has 1 saturated heterocycles. The zero-order chi connectivity index (χ0) is 15.2. The Labute approximate surface area is 124 Å². The van der Waals surface area contributed by atoms with Crippen molar-refractivity contribution in [3.8, 4) is 5.75 Å². The Balaban J connectivity index is 1.91. The lowest BCUT2D eigenvalue weighted by atomic mass is 10.0. The van der Waals surface area contributed by atoms with Gasteiger partial charge >= 0.3 is 0 Å². The first-order valence-corrected chi connectivity index (χ1v) is 7.07. The van der Waals surface area contributed by atoms with E-state index < -0.39 is 0 Å². The highest BCUT2D eigenvalue weighted by atomic mass is 16.5. The summed E-state index contributed by atoms with van der Waals surface area (Å²) in [5.74, 6) is 0.522. The van der Waals surface area contributed by atoms with Crippen molar-refractivity contribution in [2.24, 2.45) is 5.92 Å². The van der Waals surface area contributed by atoms with E-state index in [1.807, 2.05) is 6.92 Å². The maximum Gasteiger partial charge on any atom is 0.243 e. The fraction of sp³-hybridized carbons (Fsp3) is 0.467. The number of hydrogen-bond acceptors (Lipinski definition) is 4. The van der Waals surface area contributed by atoms with Gasteiger partial charge in [0.25, 0.3) is 0 Å². The van der Waals surface area contributed by atoms with Gasteiger partial charge in [-0.1, -0.05) is 6.07 Å². The zero-order valence-electron chi connectivity index (χ0n) is 12.4. The predicted octanol–water partition coefficient (Wildman–Crippen LogP) is 0.702. The number of hydrogen-bond donors (Lipinski definition) is 2. The van der Waals surface area contributed by atoms with Crippen molar-refractivity contribution in [3.63, 3.8) is 0 Å². The second-order valence-electron chi connectivity index (χ2n) is 4.99. The van der Waals surface area contributed by atoms with Gasteiger partial charge in [0.05, 0.1) is 19.6 Å². The normalized spacial score (nSPS) is 14.2. The quantitative estimate of drug-likeness (QED) is 0.809. The number of nitrogens with zero attached hydrogens (tertiary/aromatic N) is 1. The Bertz CT molecular complexity index is 515. The molecule has 6 heteroatoms. The van der Waals surface area contributed by atoms with E-state index in [2.05, 4.69) is 10.6 Å². The number of amides is 2. The molecule has 1 aliphatic rings. The molecular formula is C15H21N3O3. The number of ether oxygens (including phenoxy) is 1. The standard InChI is InChI=1S/C15H21N3O3/c1-3-18(15(20)11-8-16-9-11)10-14(19)17-12-5-4-6-13(7-12)21-2/h4-7,11,16H,3,8-10H2,1-2H3,(H,17,19). The van der Waals surface area contributed by atoms with Crippen molar-refractivity contribution in [2.45, 2.75) is 6.92 Å². The average Bonchev–Trinajstić information content (AvgIpc) is 2.43. The minimum atomic E-state index is -0.203. The monoisotopic (exact) mass is 291 g/mol. The largest absolute Gasteiger partial charge is 0.497 e. The Morgan fingerprint density at radius 2 is 2.19 bits per heavy atom. The number of carbonyl (C=O) groups is 2. The SMILES string of the molecule is CCN(CC(=O)Nc1cccc(OC)c1)C(=O)C1CNC1. The number of nitrogens with one attached hydrogen (secondary N) is 2. The van der Waals surface area contributed by atoms with E-state index in [0.717, 1.165) is 0 Å². The van der Waals surface area contributed by atoms with Crippen molar-refractivity contribution < 1.29 is 14.3 Å². The summed E-state index contributed by atoms with van der Waals surface area (Å²) in [5.41, 5.74) is 0.660. The van der Waals surface area contributed by atoms with Gasteiger partial charge in [0.15, 0.2) is 0 Å². The third kappa shape index (κ3) is 3.95. The summed E-state index contributed by atoms with van der Waals surface area (Å²) in [6.45, 7) is 3.88. The fourth-order valence-electron chi connectivity index (χ4n) is 2.14. The van der Waals surface area contributed by atoms with E-state index >= 15 is 0 Å². The summed E-state index contributed by atoms with van der Waals surface area (Å²) in [6, 6.07) is 7.14. The number of rotatable bonds is 6. The van der Waals surface area contributed by atoms with Crippen LogP contribution in [0.1, 0.15) is 6.92 Å². The topological polar surface area (TPSA) is 70.7 Å². The van der Waals surface area contributed by atoms with E-state index in [1.165, 1.54) is 0 Å². The number of methoxy groups -OCH3 is 1. The van der Waals surface area contributed by atoms with Crippen molar-refractivity contribution in [3.05, 3.63) is 24.3 Å². The lowest BCUT2D eigenvalue weighted by Crippen LogP contribution is -2.53. The molecule has 1 aliphatic heterocycles. The minimum Gasteiger partial charge on any atom is -0.497 e. The average molecular weight is 291 g/mol. The van der Waals surface area contributed by atoms with Crippen LogP contribution < -0.4 is 15.4 Å². The molecule has 6 nitrogen and oxygen atoms in total. The predicted molar refractivity (Wildman–Crippen MR) is 80.2 cm³/mol. The maximum absolute atomic E-state index is 12.1. The van der Waals surface area contributed by atoms with Gasteiger partial charge in [-0.15, -0.1) is 0 Å². The first kappa shape index (κ1) is 15.3. The second kappa shape index (κ2) is 7.08. The summed E-state index contributed by atoms with van der Waals surface area (Å²) in [6.07, 6.45) is 0. The molecule has 0 atom stereocenters. The molecule has 114 valence electrons. The lowest BCUT2D eigenvalue weighted by Gasteiger charge is -2.31. The molecule has 21 heavy (non-hydrogen) atoms. The Kier molecular flexibility index (Phi) is 5.16. The smallest absolute Gasteiger partial charge is 0.243 e. The number of anilines is 1. The van der Waals surface area contributed by atoms with E-state index in [1.54, 1.807) is 36.3 Å². The number of likely N-dealkylation sites (N-methyl/N-ethyl adjacent to an activating group) is 1. The molecule has 0 saturated carbocycles. The first-order valence-electron chi connectivity index (χ1n) is 7.07. The van der Waals surface area contributed by atoms with Gasteiger partial charge in [-0.2, -0.15) is 0 Å². The van der Waals surface area contributed by atoms with Crippen LogP contribution in [0.4, 0.5) is 5.69 Å². The molecule has 1 heterocycles. The second-order valence-corrected chi connectivity index (χ2v) is 4.99. The molecule has 0 bridgehead atoms. The molecular weight excluding hydrogens is 270 g/mol. The van der Waals surface area contributed by atoms with E-state index in [4.69, 9.17) is 4.74 Å². The zero-order valence-corrected chi connectivity index (χ0v) is 12.4. The molecule has 2 amide bonds. The summed E-state index contributed by atoms with van der Waals surface area (Å²) >= 11 is 0. The molecule has 2 N–H and O–H groups in total. The highest BCUT2D eigenvalue weighted by Crippen LogP contribution is 2.16. The third-order valence-corrected chi connectivity index (χ3v) is 3.51. The summed E-state index contributed by atoms with van der Waals surface area (Å²) < 4.78 is 5.11. The van der Waals surface area contributed by atoms with Crippen LogP contribution in [0.3, 0.4) is 0 Å². The van der Waals surface area contributed by atoms with Gasteiger partial charge in [-0.3, -0.25) is 9.59 Å². The van der Waals surface area contributed by atoms with E-state index in [-0.39, 0.29) is 24.3 Å². The van der Waals surface area contributed by atoms with Gasteiger partial charge in [-0.25, -0.2) is 0 Å². The number of carbonyl (C=O) groups excluding carboxylic acids is 2. The minimum absolute atomic E-state index is 0.00886. The molecule has 0 unspecified atom stereocenters. The Morgan fingerprint density at radius 3 is 2.76 bits per heavy atom. The van der Waals surface area contributed by atoms with Crippen LogP contribution in [0.25, 0.3) is 0 Å². The maximum atomic E-state index is 12.1. The van der Waals surface area contributed by atoms with E-state index in [9.17, 15) is 9.59 Å². The third-order valence-electron chi connectivity index (χ3n) is 3.51. The summed E-state index contributed by atoms with van der Waals surface area (Å²) in [4.78, 5) is 25.8. The highest BCUT2D eigenvalue weighted by Gasteiger charge is 2.29. The number of benzene rings is 1. The van der Waals surface area contributed by atoms with Crippen molar-refractivity contribution >= 4 is 17.5 Å². The Hall–Kier alpha value is -2.08. The van der Waals surface area contributed by atoms with Gasteiger partial charge in [0, 0.05) is 31.4 Å². The molecule has 1 aromatic carbocycles. The first-order chi connectivity index (χ1) is 10.1. The van der Waals surface area contributed by atoms with Gasteiger partial charge in [0.2, 0.25) is 11.8 Å². The van der Waals surface area contributed by atoms with Crippen LogP contribution in [-0.4, -0.2) is 50.0 Å². The van der Waals surface area contributed by atoms with Crippen LogP contribution in [0.5, 0.6) is 5.75 Å².